The number of carbonyl (C=O) groups excluding carboxylic acids is 2. The van der Waals surface area contributed by atoms with E-state index in [0.29, 0.717) is 0 Å². The van der Waals surface area contributed by atoms with Crippen LogP contribution in [0.5, 0.6) is 0 Å². The summed E-state index contributed by atoms with van der Waals surface area (Å²) in [5.74, 6) is -1.35. The minimum Gasteiger partial charge on any atom is -0.480 e. The molecule has 1 aromatic rings. The van der Waals surface area contributed by atoms with Crippen molar-refractivity contribution in [3.8, 4) is 0 Å². The van der Waals surface area contributed by atoms with Gasteiger partial charge in [-0.15, -0.1) is 11.8 Å². The van der Waals surface area contributed by atoms with Crippen LogP contribution >= 0.6 is 11.8 Å². The third-order valence-electron chi connectivity index (χ3n) is 2.70. The van der Waals surface area contributed by atoms with Crippen molar-refractivity contribution in [1.29, 1.82) is 0 Å². The number of hydrogen-bond donors (Lipinski definition) is 2. The first-order valence-corrected chi connectivity index (χ1v) is 7.46. The van der Waals surface area contributed by atoms with Crippen LogP contribution in [-0.4, -0.2) is 47.5 Å². The van der Waals surface area contributed by atoms with Crippen molar-refractivity contribution in [2.24, 2.45) is 0 Å². The van der Waals surface area contributed by atoms with E-state index >= 15 is 0 Å². The molecule has 1 aromatic carbocycles. The Hall–Kier alpha value is -2.02. The van der Waals surface area contributed by atoms with Gasteiger partial charge in [0.1, 0.15) is 6.04 Å². The number of amides is 2. The zero-order valence-electron chi connectivity index (χ0n) is 11.9. The van der Waals surface area contributed by atoms with Gasteiger partial charge in [0, 0.05) is 25.4 Å². The maximum Gasteiger partial charge on any atom is 0.327 e. The molecule has 0 radical (unpaired) electrons. The molecule has 2 amide bonds. The lowest BCUT2D eigenvalue weighted by Gasteiger charge is -2.18. The van der Waals surface area contributed by atoms with Crippen LogP contribution in [0.15, 0.2) is 30.3 Å². The maximum atomic E-state index is 12.0. The Kier molecular flexibility index (Phi) is 6.74. The van der Waals surface area contributed by atoms with Gasteiger partial charge in [0.15, 0.2) is 0 Å². The van der Waals surface area contributed by atoms with Crippen LogP contribution < -0.4 is 10.2 Å². The molecule has 7 heteroatoms. The van der Waals surface area contributed by atoms with Crippen molar-refractivity contribution < 1.29 is 19.5 Å². The average molecular weight is 310 g/mol. The summed E-state index contributed by atoms with van der Waals surface area (Å²) in [6.45, 7) is 1.26. The number of carbonyl (C=O) groups is 3. The zero-order valence-corrected chi connectivity index (χ0v) is 12.7. The smallest absolute Gasteiger partial charge is 0.327 e. The van der Waals surface area contributed by atoms with E-state index in [-0.39, 0.29) is 17.4 Å². The second-order valence-corrected chi connectivity index (χ2v) is 5.43. The van der Waals surface area contributed by atoms with Gasteiger partial charge in [-0.2, -0.15) is 0 Å². The Bertz CT molecular complexity index is 507. The molecule has 0 aliphatic heterocycles. The van der Waals surface area contributed by atoms with E-state index in [1.165, 1.54) is 23.6 Å². The molecule has 1 atom stereocenters. The largest absolute Gasteiger partial charge is 0.480 e. The summed E-state index contributed by atoms with van der Waals surface area (Å²) >= 11 is 1.18. The molecule has 21 heavy (non-hydrogen) atoms. The molecular weight excluding hydrogens is 292 g/mol. The van der Waals surface area contributed by atoms with Crippen LogP contribution in [0.25, 0.3) is 0 Å². The number of anilines is 1. The number of thioether (sulfide) groups is 1. The number of para-hydroxylation sites is 1. The summed E-state index contributed by atoms with van der Waals surface area (Å²) < 4.78 is 0. The maximum absolute atomic E-state index is 12.0. The molecule has 0 spiro atoms. The van der Waals surface area contributed by atoms with Gasteiger partial charge in [0.25, 0.3) is 0 Å². The molecule has 1 rings (SSSR count). The third-order valence-corrected chi connectivity index (χ3v) is 3.72. The van der Waals surface area contributed by atoms with Crippen LogP contribution in [0.3, 0.4) is 0 Å². The summed E-state index contributed by atoms with van der Waals surface area (Å²) in [5.41, 5.74) is 0.778. The normalized spacial score (nSPS) is 11.5. The van der Waals surface area contributed by atoms with Gasteiger partial charge in [-0.3, -0.25) is 9.59 Å². The molecule has 0 aromatic heterocycles. The minimum atomic E-state index is -1.11. The number of nitrogens with one attached hydrogen (secondary N) is 1. The van der Waals surface area contributed by atoms with Crippen molar-refractivity contribution in [2.75, 3.05) is 23.5 Å². The van der Waals surface area contributed by atoms with Gasteiger partial charge in [0.05, 0.1) is 5.75 Å². The number of carboxylic acid groups (broad SMARTS) is 1. The van der Waals surface area contributed by atoms with Gasteiger partial charge in [0.2, 0.25) is 11.8 Å². The topological polar surface area (TPSA) is 86.7 Å². The fourth-order valence-electron chi connectivity index (χ4n) is 1.58. The Labute approximate surface area is 127 Å². The first-order valence-electron chi connectivity index (χ1n) is 6.31. The molecule has 6 nitrogen and oxygen atoms in total. The van der Waals surface area contributed by atoms with Crippen LogP contribution in [0.4, 0.5) is 5.69 Å². The predicted octanol–water partition coefficient (Wildman–Crippen LogP) is 0.972. The van der Waals surface area contributed by atoms with Crippen molar-refractivity contribution in [2.45, 2.75) is 13.0 Å². The first-order chi connectivity index (χ1) is 9.91. The summed E-state index contributed by atoms with van der Waals surface area (Å²) in [4.78, 5) is 35.3. The summed E-state index contributed by atoms with van der Waals surface area (Å²) in [6, 6.07) is 8.19. The highest BCUT2D eigenvalue weighted by Gasteiger charge is 2.19. The lowest BCUT2D eigenvalue weighted by molar-refractivity contribution is -0.140. The second-order valence-electron chi connectivity index (χ2n) is 4.39. The van der Waals surface area contributed by atoms with Crippen LogP contribution in [0.2, 0.25) is 0 Å². The van der Waals surface area contributed by atoms with Crippen molar-refractivity contribution in [3.63, 3.8) is 0 Å². The molecule has 0 heterocycles. The SMILES string of the molecule is CC(=O)NC(CSCC(=O)N(C)c1ccccc1)C(=O)O. The fourth-order valence-corrected chi connectivity index (χ4v) is 2.52. The number of benzene rings is 1. The lowest BCUT2D eigenvalue weighted by Crippen LogP contribution is -2.41. The number of carboxylic acids is 1. The molecule has 0 aliphatic rings. The predicted molar refractivity (Wildman–Crippen MR) is 82.4 cm³/mol. The molecule has 0 aliphatic carbocycles. The van der Waals surface area contributed by atoms with Crippen molar-refractivity contribution in [1.82, 2.24) is 5.32 Å². The minimum absolute atomic E-state index is 0.127. The van der Waals surface area contributed by atoms with E-state index in [1.807, 2.05) is 30.3 Å². The molecule has 114 valence electrons. The number of hydrogen-bond acceptors (Lipinski definition) is 4. The van der Waals surface area contributed by atoms with Gasteiger partial charge < -0.3 is 15.3 Å². The molecular formula is C14H18N2O4S. The highest BCUT2D eigenvalue weighted by Crippen LogP contribution is 2.13. The number of nitrogens with zero attached hydrogens (tertiary/aromatic N) is 1. The molecule has 0 saturated carbocycles. The molecule has 1 unspecified atom stereocenters. The monoisotopic (exact) mass is 310 g/mol. The van der Waals surface area contributed by atoms with E-state index in [4.69, 9.17) is 5.11 Å². The Balaban J connectivity index is 2.45. The Morgan fingerprint density at radius 1 is 1.29 bits per heavy atom. The van der Waals surface area contributed by atoms with Crippen molar-refractivity contribution in [3.05, 3.63) is 30.3 Å². The van der Waals surface area contributed by atoms with Gasteiger partial charge in [-0.05, 0) is 12.1 Å². The highest BCUT2D eigenvalue weighted by molar-refractivity contribution is 8.00. The Morgan fingerprint density at radius 2 is 1.90 bits per heavy atom. The van der Waals surface area contributed by atoms with E-state index < -0.39 is 17.9 Å². The Morgan fingerprint density at radius 3 is 2.43 bits per heavy atom. The average Bonchev–Trinajstić information content (AvgIpc) is 2.45. The lowest BCUT2D eigenvalue weighted by atomic mass is 10.3. The van der Waals surface area contributed by atoms with E-state index in [1.54, 1.807) is 7.05 Å². The second kappa shape index (κ2) is 8.31. The quantitative estimate of drug-likeness (QED) is 0.784. The van der Waals surface area contributed by atoms with Crippen molar-refractivity contribution >= 4 is 35.2 Å². The van der Waals surface area contributed by atoms with Gasteiger partial charge in [-0.25, -0.2) is 4.79 Å². The number of rotatable bonds is 7. The summed E-state index contributed by atoms with van der Waals surface area (Å²) in [6.07, 6.45) is 0. The molecule has 0 saturated heterocycles. The summed E-state index contributed by atoms with van der Waals surface area (Å²) in [7, 11) is 1.67. The van der Waals surface area contributed by atoms with Gasteiger partial charge in [-0.1, -0.05) is 18.2 Å². The molecule has 0 bridgehead atoms. The third kappa shape index (κ3) is 5.86. The van der Waals surface area contributed by atoms with Crippen LogP contribution in [0.1, 0.15) is 6.92 Å². The van der Waals surface area contributed by atoms with Crippen LogP contribution in [0, 0.1) is 0 Å². The van der Waals surface area contributed by atoms with E-state index in [9.17, 15) is 14.4 Å². The standard InChI is InChI=1S/C14H18N2O4S/c1-10(17)15-12(14(19)20)8-21-9-13(18)16(2)11-6-4-3-5-7-11/h3-7,12H,8-9H2,1-2H3,(H,15,17)(H,19,20). The van der Waals surface area contributed by atoms with E-state index in [2.05, 4.69) is 5.32 Å². The fraction of sp³-hybridized carbons (Fsp3) is 0.357. The van der Waals surface area contributed by atoms with Crippen LogP contribution in [-0.2, 0) is 14.4 Å². The summed E-state index contributed by atoms with van der Waals surface area (Å²) in [5, 5.41) is 11.3. The number of aliphatic carboxylic acids is 1. The first kappa shape index (κ1) is 17.0. The molecule has 0 fully saturated rings. The highest BCUT2D eigenvalue weighted by atomic mass is 32.2. The van der Waals surface area contributed by atoms with E-state index in [0.717, 1.165) is 5.69 Å². The zero-order chi connectivity index (χ0) is 15.8. The van der Waals surface area contributed by atoms with Gasteiger partial charge >= 0.3 is 5.97 Å². The molecule has 2 N–H and O–H groups in total.